The van der Waals surface area contributed by atoms with Crippen molar-refractivity contribution in [3.8, 4) is 0 Å². The zero-order valence-corrected chi connectivity index (χ0v) is 14.6. The van der Waals surface area contributed by atoms with Crippen LogP contribution in [0.2, 0.25) is 0 Å². The molecule has 3 heterocycles. The number of carbonyl (C=O) groups excluding carboxylic acids is 1. The Balaban J connectivity index is 1.90. The highest BCUT2D eigenvalue weighted by Crippen LogP contribution is 2.42. The van der Waals surface area contributed by atoms with Gasteiger partial charge in [-0.1, -0.05) is 11.6 Å². The summed E-state index contributed by atoms with van der Waals surface area (Å²) in [5.74, 6) is 0. The quantitative estimate of drug-likeness (QED) is 0.588. The minimum atomic E-state index is -0.451. The van der Waals surface area contributed by atoms with Crippen molar-refractivity contribution in [2.45, 2.75) is 51.9 Å². The van der Waals surface area contributed by atoms with Crippen LogP contribution in [0.5, 0.6) is 0 Å². The lowest BCUT2D eigenvalue weighted by molar-refractivity contribution is -0.109. The summed E-state index contributed by atoms with van der Waals surface area (Å²) in [5, 5.41) is 1.44. The first kappa shape index (κ1) is 16.5. The molecule has 0 saturated carbocycles. The molecule has 0 aromatic heterocycles. The van der Waals surface area contributed by atoms with E-state index in [1.54, 1.807) is 11.0 Å². The van der Waals surface area contributed by atoms with Crippen LogP contribution in [0.4, 0.5) is 4.79 Å². The Bertz CT molecular complexity index is 556. The monoisotopic (exact) mass is 320 g/mol. The fraction of sp³-hybridized carbons (Fsp3) is 0.688. The molecule has 3 aliphatic rings. The van der Waals surface area contributed by atoms with Gasteiger partial charge in [-0.3, -0.25) is 4.84 Å². The molecular formula is C16H25BN2O4. The maximum atomic E-state index is 12.4. The van der Waals surface area contributed by atoms with Gasteiger partial charge < -0.3 is 14.2 Å². The molecule has 3 rings (SSSR count). The van der Waals surface area contributed by atoms with Crippen LogP contribution in [0.15, 0.2) is 23.7 Å². The Morgan fingerprint density at radius 3 is 2.52 bits per heavy atom. The lowest BCUT2D eigenvalue weighted by Gasteiger charge is -2.32. The third-order valence-corrected chi connectivity index (χ3v) is 5.25. The molecule has 2 saturated heterocycles. The van der Waals surface area contributed by atoms with Gasteiger partial charge in [-0.05, 0) is 40.1 Å². The van der Waals surface area contributed by atoms with Crippen LogP contribution in [-0.2, 0) is 14.1 Å². The van der Waals surface area contributed by atoms with Crippen LogP contribution in [-0.4, -0.2) is 60.1 Å². The van der Waals surface area contributed by atoms with E-state index in [-0.39, 0.29) is 12.1 Å². The lowest BCUT2D eigenvalue weighted by atomic mass is 9.70. The van der Waals surface area contributed by atoms with E-state index in [1.807, 2.05) is 34.6 Å². The van der Waals surface area contributed by atoms with E-state index < -0.39 is 18.3 Å². The van der Waals surface area contributed by atoms with Crippen molar-refractivity contribution in [3.05, 3.63) is 23.7 Å². The zero-order chi connectivity index (χ0) is 17.0. The molecule has 0 N–H and O–H groups in total. The van der Waals surface area contributed by atoms with Gasteiger partial charge in [0.15, 0.2) is 0 Å². The predicted octanol–water partition coefficient (Wildman–Crippen LogP) is 2.17. The van der Waals surface area contributed by atoms with E-state index >= 15 is 0 Å². The van der Waals surface area contributed by atoms with Gasteiger partial charge in [0, 0.05) is 13.1 Å². The van der Waals surface area contributed by atoms with E-state index in [4.69, 9.17) is 14.1 Å². The fourth-order valence-electron chi connectivity index (χ4n) is 3.26. The number of hydroxylamine groups is 2. The van der Waals surface area contributed by atoms with Crippen LogP contribution in [0.3, 0.4) is 0 Å². The van der Waals surface area contributed by atoms with Crippen molar-refractivity contribution >= 4 is 13.1 Å². The summed E-state index contributed by atoms with van der Waals surface area (Å²) in [6.07, 6.45) is 1.63. The largest absolute Gasteiger partial charge is 0.492 e. The van der Waals surface area contributed by atoms with E-state index in [1.165, 1.54) is 5.06 Å². The molecule has 6 nitrogen and oxygen atoms in total. The molecule has 0 spiro atoms. The highest BCUT2D eigenvalue weighted by Gasteiger charge is 2.57. The first-order valence-corrected chi connectivity index (χ1v) is 8.05. The number of amides is 2. The molecule has 23 heavy (non-hydrogen) atoms. The molecule has 2 fully saturated rings. The summed E-state index contributed by atoms with van der Waals surface area (Å²) in [4.78, 5) is 19.8. The standard InChI is InChI=1S/C16H25BN2O4/c1-7-8-21-19-12-10-18(14(19)20)9-11(2)13(12)17-22-15(3,4)16(5,6)23-17/h7,12H,1,8-10H2,2-6H3. The normalized spacial score (nSPS) is 28.8. The maximum Gasteiger partial charge on any atom is 0.492 e. The topological polar surface area (TPSA) is 51.2 Å². The number of urea groups is 1. The molecule has 0 radical (unpaired) electrons. The zero-order valence-electron chi connectivity index (χ0n) is 14.6. The Morgan fingerprint density at radius 2 is 1.96 bits per heavy atom. The molecule has 1 atom stereocenters. The van der Waals surface area contributed by atoms with Crippen molar-refractivity contribution in [1.29, 1.82) is 0 Å². The van der Waals surface area contributed by atoms with Crippen molar-refractivity contribution in [3.63, 3.8) is 0 Å². The summed E-state index contributed by atoms with van der Waals surface area (Å²) >= 11 is 0. The molecule has 2 amide bonds. The SMILES string of the molecule is C=CCON1C(=O)N2CC(C)=C(B3OC(C)(C)C(C)(C)O3)C1C2. The first-order chi connectivity index (χ1) is 10.7. The maximum absolute atomic E-state index is 12.4. The molecule has 0 aromatic carbocycles. The van der Waals surface area contributed by atoms with Gasteiger partial charge in [0.1, 0.15) is 0 Å². The number of fused-ring (bicyclic) bond motifs is 2. The van der Waals surface area contributed by atoms with Crippen LogP contribution in [0.25, 0.3) is 0 Å². The Morgan fingerprint density at radius 1 is 1.35 bits per heavy atom. The minimum absolute atomic E-state index is 0.109. The van der Waals surface area contributed by atoms with E-state index in [2.05, 4.69) is 6.58 Å². The Labute approximate surface area is 138 Å². The van der Waals surface area contributed by atoms with Crippen molar-refractivity contribution in [2.75, 3.05) is 19.7 Å². The molecule has 0 aliphatic carbocycles. The van der Waals surface area contributed by atoms with Gasteiger partial charge in [0.05, 0.1) is 23.9 Å². The predicted molar refractivity (Wildman–Crippen MR) is 87.5 cm³/mol. The third-order valence-electron chi connectivity index (χ3n) is 5.25. The average molecular weight is 320 g/mol. The summed E-state index contributed by atoms with van der Waals surface area (Å²) in [7, 11) is -0.451. The number of hydrogen-bond acceptors (Lipinski definition) is 4. The molecule has 7 heteroatoms. The summed E-state index contributed by atoms with van der Waals surface area (Å²) in [5.41, 5.74) is 1.31. The summed E-state index contributed by atoms with van der Waals surface area (Å²) in [6.45, 7) is 15.3. The summed E-state index contributed by atoms with van der Waals surface area (Å²) < 4.78 is 12.4. The van der Waals surface area contributed by atoms with Gasteiger partial charge in [-0.15, -0.1) is 6.58 Å². The second kappa shape index (κ2) is 5.36. The van der Waals surface area contributed by atoms with Crippen molar-refractivity contribution in [2.24, 2.45) is 0 Å². The van der Waals surface area contributed by atoms with E-state index in [0.717, 1.165) is 11.0 Å². The fourth-order valence-corrected chi connectivity index (χ4v) is 3.26. The number of hydrogen-bond donors (Lipinski definition) is 0. The molecule has 0 aromatic rings. The molecular weight excluding hydrogens is 295 g/mol. The summed E-state index contributed by atoms with van der Waals surface area (Å²) in [6, 6.07) is -0.284. The van der Waals surface area contributed by atoms with Crippen molar-refractivity contribution in [1.82, 2.24) is 9.96 Å². The highest BCUT2D eigenvalue weighted by atomic mass is 16.7. The third kappa shape index (κ3) is 2.51. The average Bonchev–Trinajstić information content (AvgIpc) is 2.80. The lowest BCUT2D eigenvalue weighted by Crippen LogP contribution is -2.42. The number of carbonyl (C=O) groups is 1. The Hall–Kier alpha value is -1.31. The van der Waals surface area contributed by atoms with E-state index in [9.17, 15) is 4.79 Å². The highest BCUT2D eigenvalue weighted by molar-refractivity contribution is 6.55. The molecule has 3 aliphatic heterocycles. The van der Waals surface area contributed by atoms with Crippen LogP contribution >= 0.6 is 0 Å². The molecule has 2 bridgehead atoms. The second-order valence-corrected chi connectivity index (χ2v) is 7.41. The smallest absolute Gasteiger partial charge is 0.400 e. The van der Waals surface area contributed by atoms with Crippen molar-refractivity contribution < 1.29 is 18.9 Å². The van der Waals surface area contributed by atoms with Crippen LogP contribution in [0, 0.1) is 0 Å². The van der Waals surface area contributed by atoms with Crippen LogP contribution in [0.1, 0.15) is 34.6 Å². The molecule has 126 valence electrons. The second-order valence-electron chi connectivity index (χ2n) is 7.41. The van der Waals surface area contributed by atoms with Gasteiger partial charge >= 0.3 is 13.1 Å². The first-order valence-electron chi connectivity index (χ1n) is 8.05. The number of rotatable bonds is 4. The van der Waals surface area contributed by atoms with Gasteiger partial charge in [0.2, 0.25) is 0 Å². The minimum Gasteiger partial charge on any atom is -0.400 e. The van der Waals surface area contributed by atoms with Crippen LogP contribution < -0.4 is 0 Å². The van der Waals surface area contributed by atoms with Gasteiger partial charge in [0.25, 0.3) is 0 Å². The molecule has 1 unspecified atom stereocenters. The van der Waals surface area contributed by atoms with Gasteiger partial charge in [-0.2, -0.15) is 5.06 Å². The Kier molecular flexibility index (Phi) is 3.86. The van der Waals surface area contributed by atoms with Gasteiger partial charge in [-0.25, -0.2) is 4.79 Å². The number of nitrogens with zero attached hydrogens (tertiary/aromatic N) is 2. The van der Waals surface area contributed by atoms with E-state index in [0.29, 0.717) is 19.7 Å².